The summed E-state index contributed by atoms with van der Waals surface area (Å²) in [4.78, 5) is 10.8. The summed E-state index contributed by atoms with van der Waals surface area (Å²) < 4.78 is 25.4. The number of hydrogen-bond donors (Lipinski definition) is 1. The molecule has 0 aliphatic carbocycles. The number of carboxylic acids is 1. The van der Waals surface area contributed by atoms with Gasteiger partial charge in [0.1, 0.15) is 4.88 Å². The van der Waals surface area contributed by atoms with E-state index in [0.717, 1.165) is 17.8 Å². The Morgan fingerprint density at radius 2 is 2.28 bits per heavy atom. The standard InChI is InChI=1S/C11H15NO4S2/c1-3-4-5-6-12(2)18(15,16)9-7-10(11(13)14)17-8-9/h3,7-8H,1,4-6H2,2H3,(H,13,14). The van der Waals surface area contributed by atoms with Gasteiger partial charge in [-0.05, 0) is 18.9 Å². The quantitative estimate of drug-likeness (QED) is 0.615. The second-order valence-corrected chi connectivity index (χ2v) is 6.67. The summed E-state index contributed by atoms with van der Waals surface area (Å²) in [5.41, 5.74) is 0. The second-order valence-electron chi connectivity index (χ2n) is 3.71. The Morgan fingerprint density at radius 1 is 1.61 bits per heavy atom. The highest BCUT2D eigenvalue weighted by molar-refractivity contribution is 7.89. The van der Waals surface area contributed by atoms with Crippen LogP contribution in [-0.2, 0) is 10.0 Å². The van der Waals surface area contributed by atoms with Crippen LogP contribution in [0.4, 0.5) is 0 Å². The molecule has 0 saturated heterocycles. The van der Waals surface area contributed by atoms with Gasteiger partial charge in [0.05, 0.1) is 4.90 Å². The van der Waals surface area contributed by atoms with Crippen molar-refractivity contribution in [2.24, 2.45) is 0 Å². The summed E-state index contributed by atoms with van der Waals surface area (Å²) in [5.74, 6) is -1.12. The molecular formula is C11H15NO4S2. The van der Waals surface area contributed by atoms with E-state index in [2.05, 4.69) is 6.58 Å². The van der Waals surface area contributed by atoms with Crippen molar-refractivity contribution in [3.63, 3.8) is 0 Å². The Kier molecular flexibility index (Phi) is 5.06. The van der Waals surface area contributed by atoms with Crippen LogP contribution in [0.15, 0.2) is 29.0 Å². The molecule has 0 atom stereocenters. The molecule has 0 spiro atoms. The van der Waals surface area contributed by atoms with Crippen molar-refractivity contribution in [1.29, 1.82) is 0 Å². The van der Waals surface area contributed by atoms with E-state index >= 15 is 0 Å². The van der Waals surface area contributed by atoms with E-state index in [1.54, 1.807) is 6.08 Å². The van der Waals surface area contributed by atoms with Crippen LogP contribution in [0.25, 0.3) is 0 Å². The minimum Gasteiger partial charge on any atom is -0.477 e. The van der Waals surface area contributed by atoms with Crippen molar-refractivity contribution in [3.8, 4) is 0 Å². The minimum absolute atomic E-state index is 0.0214. The fourth-order valence-electron chi connectivity index (χ4n) is 1.32. The minimum atomic E-state index is -3.59. The molecule has 1 rings (SSSR count). The SMILES string of the molecule is C=CCCCN(C)S(=O)(=O)c1csc(C(=O)O)c1. The van der Waals surface area contributed by atoms with E-state index in [4.69, 9.17) is 5.11 Å². The maximum absolute atomic E-state index is 12.1. The molecule has 0 amide bonds. The van der Waals surface area contributed by atoms with Crippen molar-refractivity contribution >= 4 is 27.3 Å². The molecule has 1 heterocycles. The van der Waals surface area contributed by atoms with Gasteiger partial charge in [0, 0.05) is 19.0 Å². The molecule has 18 heavy (non-hydrogen) atoms. The van der Waals surface area contributed by atoms with Crippen LogP contribution in [0.1, 0.15) is 22.5 Å². The molecular weight excluding hydrogens is 274 g/mol. The zero-order chi connectivity index (χ0) is 13.8. The molecule has 100 valence electrons. The highest BCUT2D eigenvalue weighted by atomic mass is 32.2. The van der Waals surface area contributed by atoms with Gasteiger partial charge in [-0.25, -0.2) is 17.5 Å². The fraction of sp³-hybridized carbons (Fsp3) is 0.364. The lowest BCUT2D eigenvalue weighted by atomic mass is 10.3. The smallest absolute Gasteiger partial charge is 0.345 e. The number of allylic oxidation sites excluding steroid dienone is 1. The Bertz CT molecular complexity index is 533. The Labute approximate surface area is 110 Å². The zero-order valence-electron chi connectivity index (χ0n) is 10.00. The molecule has 1 N–H and O–H groups in total. The van der Waals surface area contributed by atoms with Crippen molar-refractivity contribution < 1.29 is 18.3 Å². The largest absolute Gasteiger partial charge is 0.477 e. The third-order valence-corrected chi connectivity index (χ3v) is 5.28. The molecule has 0 bridgehead atoms. The zero-order valence-corrected chi connectivity index (χ0v) is 11.6. The Hall–Kier alpha value is -1.18. The van der Waals surface area contributed by atoms with Crippen molar-refractivity contribution in [2.75, 3.05) is 13.6 Å². The molecule has 5 nitrogen and oxygen atoms in total. The third kappa shape index (κ3) is 3.41. The van der Waals surface area contributed by atoms with E-state index < -0.39 is 16.0 Å². The van der Waals surface area contributed by atoms with Crippen LogP contribution in [0, 0.1) is 0 Å². The summed E-state index contributed by atoms with van der Waals surface area (Å²) >= 11 is 0.909. The van der Waals surface area contributed by atoms with Crippen LogP contribution < -0.4 is 0 Å². The van der Waals surface area contributed by atoms with Crippen molar-refractivity contribution in [3.05, 3.63) is 29.0 Å². The maximum atomic E-state index is 12.1. The van der Waals surface area contributed by atoms with Gasteiger partial charge < -0.3 is 5.11 Å². The predicted molar refractivity (Wildman–Crippen MR) is 70.5 cm³/mol. The first kappa shape index (κ1) is 14.9. The number of hydrogen-bond acceptors (Lipinski definition) is 4. The molecule has 0 saturated carbocycles. The van der Waals surface area contributed by atoms with Gasteiger partial charge in [0.25, 0.3) is 0 Å². The van der Waals surface area contributed by atoms with Crippen molar-refractivity contribution in [1.82, 2.24) is 4.31 Å². The number of carboxylic acid groups (broad SMARTS) is 1. The van der Waals surface area contributed by atoms with Crippen LogP contribution in [0.2, 0.25) is 0 Å². The first-order valence-corrected chi connectivity index (χ1v) is 7.60. The lowest BCUT2D eigenvalue weighted by Gasteiger charge is -2.15. The van der Waals surface area contributed by atoms with Gasteiger partial charge in [-0.1, -0.05) is 6.08 Å². The normalized spacial score (nSPS) is 11.7. The molecule has 0 fully saturated rings. The number of aromatic carboxylic acids is 1. The lowest BCUT2D eigenvalue weighted by Crippen LogP contribution is -2.27. The Balaban J connectivity index is 2.84. The Morgan fingerprint density at radius 3 is 2.78 bits per heavy atom. The number of thiophene rings is 1. The van der Waals surface area contributed by atoms with Crippen LogP contribution in [0.5, 0.6) is 0 Å². The van der Waals surface area contributed by atoms with Gasteiger partial charge in [-0.15, -0.1) is 17.9 Å². The third-order valence-electron chi connectivity index (χ3n) is 2.38. The summed E-state index contributed by atoms with van der Waals surface area (Å²) in [5, 5.41) is 10.1. The number of unbranched alkanes of at least 4 members (excludes halogenated alkanes) is 1. The van der Waals surface area contributed by atoms with Gasteiger partial charge in [0.2, 0.25) is 10.0 Å². The molecule has 1 aromatic heterocycles. The molecule has 0 aliphatic heterocycles. The highest BCUT2D eigenvalue weighted by Crippen LogP contribution is 2.22. The summed E-state index contributed by atoms with van der Waals surface area (Å²) in [6.07, 6.45) is 3.16. The predicted octanol–water partition coefficient (Wildman–Crippen LogP) is 2.03. The average Bonchev–Trinajstić information content (AvgIpc) is 2.79. The lowest BCUT2D eigenvalue weighted by molar-refractivity contribution is 0.0702. The highest BCUT2D eigenvalue weighted by Gasteiger charge is 2.22. The van der Waals surface area contributed by atoms with Crippen LogP contribution >= 0.6 is 11.3 Å². The average molecular weight is 289 g/mol. The molecule has 1 aromatic rings. The van der Waals surface area contributed by atoms with Crippen LogP contribution in [-0.4, -0.2) is 37.4 Å². The van der Waals surface area contributed by atoms with E-state index in [-0.39, 0.29) is 9.77 Å². The van der Waals surface area contributed by atoms with Gasteiger partial charge in [0.15, 0.2) is 0 Å². The van der Waals surface area contributed by atoms with Crippen LogP contribution in [0.3, 0.4) is 0 Å². The maximum Gasteiger partial charge on any atom is 0.345 e. The van der Waals surface area contributed by atoms with Gasteiger partial charge >= 0.3 is 5.97 Å². The van der Waals surface area contributed by atoms with E-state index in [1.807, 2.05) is 0 Å². The molecule has 0 unspecified atom stereocenters. The summed E-state index contributed by atoms with van der Waals surface area (Å²) in [6.45, 7) is 3.95. The topological polar surface area (TPSA) is 74.7 Å². The summed E-state index contributed by atoms with van der Waals surface area (Å²) in [6, 6.07) is 1.19. The van der Waals surface area contributed by atoms with E-state index in [9.17, 15) is 13.2 Å². The first-order chi connectivity index (χ1) is 8.39. The number of carbonyl (C=O) groups is 1. The van der Waals surface area contributed by atoms with Gasteiger partial charge in [-0.3, -0.25) is 0 Å². The molecule has 0 aromatic carbocycles. The number of rotatable bonds is 7. The fourth-order valence-corrected chi connectivity index (χ4v) is 3.63. The van der Waals surface area contributed by atoms with E-state index in [0.29, 0.717) is 13.0 Å². The first-order valence-electron chi connectivity index (χ1n) is 5.28. The van der Waals surface area contributed by atoms with E-state index in [1.165, 1.54) is 22.8 Å². The second kappa shape index (κ2) is 6.12. The monoisotopic (exact) mass is 289 g/mol. The van der Waals surface area contributed by atoms with Gasteiger partial charge in [-0.2, -0.15) is 0 Å². The molecule has 0 aliphatic rings. The molecule has 0 radical (unpaired) electrons. The number of nitrogens with zero attached hydrogens (tertiary/aromatic N) is 1. The number of sulfonamides is 1. The van der Waals surface area contributed by atoms with Crippen molar-refractivity contribution in [2.45, 2.75) is 17.7 Å². The summed E-state index contributed by atoms with van der Waals surface area (Å²) in [7, 11) is -2.10. The molecule has 7 heteroatoms.